The van der Waals surface area contributed by atoms with Crippen molar-refractivity contribution in [3.8, 4) is 11.5 Å². The first-order chi connectivity index (χ1) is 13.5. The van der Waals surface area contributed by atoms with E-state index in [1.807, 2.05) is 31.2 Å². The van der Waals surface area contributed by atoms with Gasteiger partial charge in [-0.25, -0.2) is 0 Å². The molecule has 1 amide bonds. The Morgan fingerprint density at radius 1 is 1.18 bits per heavy atom. The van der Waals surface area contributed by atoms with E-state index < -0.39 is 17.8 Å². The average Bonchev–Trinajstić information content (AvgIpc) is 2.65. The molecule has 2 N–H and O–H groups in total. The highest BCUT2D eigenvalue weighted by molar-refractivity contribution is 5.86. The van der Waals surface area contributed by atoms with Crippen molar-refractivity contribution in [3.05, 3.63) is 53.9 Å². The third kappa shape index (κ3) is 4.42. The molecule has 0 saturated heterocycles. The van der Waals surface area contributed by atoms with E-state index >= 15 is 0 Å². The fraction of sp³-hybridized carbons (Fsp3) is 0.381. The number of nitrogens with zero attached hydrogens (tertiary/aromatic N) is 1. The summed E-state index contributed by atoms with van der Waals surface area (Å²) in [5.41, 5.74) is 1.85. The van der Waals surface area contributed by atoms with Gasteiger partial charge in [-0.1, -0.05) is 6.07 Å². The lowest BCUT2D eigenvalue weighted by Crippen LogP contribution is -2.44. The number of rotatable bonds is 8. The molecule has 3 unspecified atom stereocenters. The van der Waals surface area contributed by atoms with Crippen LogP contribution in [0.15, 0.2) is 42.7 Å². The second kappa shape index (κ2) is 8.73. The van der Waals surface area contributed by atoms with Crippen LogP contribution in [0.25, 0.3) is 0 Å². The Bertz CT molecular complexity index is 840. The van der Waals surface area contributed by atoms with Gasteiger partial charge in [-0.2, -0.15) is 0 Å². The number of hydrogen-bond acceptors (Lipinski definition) is 5. The lowest BCUT2D eigenvalue weighted by atomic mass is 9.73. The quantitative estimate of drug-likeness (QED) is 0.726. The minimum absolute atomic E-state index is 0.219. The highest BCUT2D eigenvalue weighted by Crippen LogP contribution is 2.35. The molecule has 7 heteroatoms. The van der Waals surface area contributed by atoms with Gasteiger partial charge in [0.1, 0.15) is 6.61 Å². The van der Waals surface area contributed by atoms with Crippen molar-refractivity contribution < 1.29 is 24.2 Å². The molecule has 7 nitrogen and oxygen atoms in total. The van der Waals surface area contributed by atoms with Gasteiger partial charge >= 0.3 is 5.97 Å². The van der Waals surface area contributed by atoms with Crippen LogP contribution in [0.3, 0.4) is 0 Å². The third-order valence-electron chi connectivity index (χ3n) is 5.12. The van der Waals surface area contributed by atoms with Crippen LogP contribution in [0.5, 0.6) is 11.5 Å². The Labute approximate surface area is 163 Å². The zero-order chi connectivity index (χ0) is 20.1. The number of aromatic nitrogens is 1. The zero-order valence-corrected chi connectivity index (χ0v) is 15.9. The van der Waals surface area contributed by atoms with Gasteiger partial charge in [0, 0.05) is 12.4 Å². The molecule has 2 aromatic rings. The first-order valence-corrected chi connectivity index (χ1v) is 9.22. The summed E-state index contributed by atoms with van der Waals surface area (Å²) in [7, 11) is 1.56. The van der Waals surface area contributed by atoms with E-state index in [0.717, 1.165) is 11.1 Å². The predicted molar refractivity (Wildman–Crippen MR) is 102 cm³/mol. The topological polar surface area (TPSA) is 97.8 Å². The number of benzene rings is 1. The molecule has 1 fully saturated rings. The lowest BCUT2D eigenvalue weighted by Gasteiger charge is -2.33. The number of carbonyl (C=O) groups excluding carboxylic acids is 1. The van der Waals surface area contributed by atoms with Crippen molar-refractivity contribution in [1.29, 1.82) is 0 Å². The molecule has 3 atom stereocenters. The molecule has 0 bridgehead atoms. The SMILES string of the molecule is COc1cc(C(C)NC(=O)C2CCC2C(=O)O)ccc1OCc1ccncc1. The number of hydrogen-bond donors (Lipinski definition) is 2. The number of nitrogens with one attached hydrogen (secondary N) is 1. The van der Waals surface area contributed by atoms with Gasteiger partial charge in [0.2, 0.25) is 5.91 Å². The predicted octanol–water partition coefficient (Wildman–Crippen LogP) is 2.96. The van der Waals surface area contributed by atoms with Crippen molar-refractivity contribution in [2.24, 2.45) is 11.8 Å². The van der Waals surface area contributed by atoms with E-state index in [4.69, 9.17) is 14.6 Å². The molecule has 1 saturated carbocycles. The van der Waals surface area contributed by atoms with Gasteiger partial charge in [0.15, 0.2) is 11.5 Å². The van der Waals surface area contributed by atoms with Crippen LogP contribution in [0.1, 0.15) is 36.9 Å². The van der Waals surface area contributed by atoms with E-state index in [9.17, 15) is 9.59 Å². The molecular weight excluding hydrogens is 360 g/mol. The van der Waals surface area contributed by atoms with E-state index in [2.05, 4.69) is 10.3 Å². The number of carboxylic acid groups (broad SMARTS) is 1. The second-order valence-electron chi connectivity index (χ2n) is 6.91. The molecule has 1 aliphatic carbocycles. The maximum Gasteiger partial charge on any atom is 0.307 e. The van der Waals surface area contributed by atoms with Crippen molar-refractivity contribution in [3.63, 3.8) is 0 Å². The van der Waals surface area contributed by atoms with Crippen LogP contribution in [0, 0.1) is 11.8 Å². The standard InChI is InChI=1S/C21H24N2O5/c1-13(23-20(24)16-4-5-17(16)21(25)26)15-3-6-18(19(11-15)27-2)28-12-14-7-9-22-10-8-14/h3,6-11,13,16-17H,4-5,12H2,1-2H3,(H,23,24)(H,25,26). The van der Waals surface area contributed by atoms with Crippen molar-refractivity contribution in [2.45, 2.75) is 32.4 Å². The monoisotopic (exact) mass is 384 g/mol. The number of pyridine rings is 1. The van der Waals surface area contributed by atoms with E-state index in [1.54, 1.807) is 25.6 Å². The van der Waals surface area contributed by atoms with E-state index in [-0.39, 0.29) is 11.9 Å². The Morgan fingerprint density at radius 3 is 2.50 bits per heavy atom. The van der Waals surface area contributed by atoms with Crippen LogP contribution in [0.4, 0.5) is 0 Å². The molecule has 3 rings (SSSR count). The fourth-order valence-electron chi connectivity index (χ4n) is 3.23. The molecule has 0 aliphatic heterocycles. The Balaban J connectivity index is 1.63. The van der Waals surface area contributed by atoms with E-state index in [1.165, 1.54) is 0 Å². The molecule has 28 heavy (non-hydrogen) atoms. The third-order valence-corrected chi connectivity index (χ3v) is 5.12. The fourth-order valence-corrected chi connectivity index (χ4v) is 3.23. The summed E-state index contributed by atoms with van der Waals surface area (Å²) in [6.45, 7) is 2.25. The Morgan fingerprint density at radius 2 is 1.89 bits per heavy atom. The van der Waals surface area contributed by atoms with Crippen LogP contribution < -0.4 is 14.8 Å². The number of methoxy groups -OCH3 is 1. The minimum atomic E-state index is -0.906. The summed E-state index contributed by atoms with van der Waals surface area (Å²) in [5, 5.41) is 12.0. The summed E-state index contributed by atoms with van der Waals surface area (Å²) in [4.78, 5) is 27.5. The van der Waals surface area contributed by atoms with Crippen molar-refractivity contribution in [1.82, 2.24) is 10.3 Å². The summed E-state index contributed by atoms with van der Waals surface area (Å²) in [6, 6.07) is 8.98. The minimum Gasteiger partial charge on any atom is -0.493 e. The maximum absolute atomic E-state index is 12.4. The molecule has 1 heterocycles. The first kappa shape index (κ1) is 19.7. The molecule has 1 aromatic carbocycles. The highest BCUT2D eigenvalue weighted by atomic mass is 16.5. The Kier molecular flexibility index (Phi) is 6.13. The van der Waals surface area contributed by atoms with Crippen LogP contribution in [-0.4, -0.2) is 29.1 Å². The van der Waals surface area contributed by atoms with Crippen LogP contribution in [-0.2, 0) is 16.2 Å². The van der Waals surface area contributed by atoms with Crippen LogP contribution in [0.2, 0.25) is 0 Å². The number of ether oxygens (including phenoxy) is 2. The van der Waals surface area contributed by atoms with Gasteiger partial charge in [0.25, 0.3) is 0 Å². The first-order valence-electron chi connectivity index (χ1n) is 9.22. The van der Waals surface area contributed by atoms with Gasteiger partial charge in [-0.3, -0.25) is 14.6 Å². The molecule has 1 aliphatic rings. The molecule has 0 radical (unpaired) electrons. The summed E-state index contributed by atoms with van der Waals surface area (Å²) >= 11 is 0. The normalized spacial score (nSPS) is 19.2. The lowest BCUT2D eigenvalue weighted by molar-refractivity contribution is -0.152. The van der Waals surface area contributed by atoms with Gasteiger partial charge in [0.05, 0.1) is 25.0 Å². The zero-order valence-electron chi connectivity index (χ0n) is 15.9. The van der Waals surface area contributed by atoms with Crippen molar-refractivity contribution >= 4 is 11.9 Å². The van der Waals surface area contributed by atoms with Gasteiger partial charge in [-0.15, -0.1) is 0 Å². The summed E-state index contributed by atoms with van der Waals surface area (Å²) in [6.07, 6.45) is 4.58. The number of amides is 1. The molecular formula is C21H24N2O5. The van der Waals surface area contributed by atoms with Gasteiger partial charge in [-0.05, 0) is 55.2 Å². The highest BCUT2D eigenvalue weighted by Gasteiger charge is 2.41. The molecule has 1 aromatic heterocycles. The molecule has 0 spiro atoms. The second-order valence-corrected chi connectivity index (χ2v) is 6.91. The maximum atomic E-state index is 12.4. The van der Waals surface area contributed by atoms with E-state index in [0.29, 0.717) is 30.9 Å². The van der Waals surface area contributed by atoms with Crippen molar-refractivity contribution in [2.75, 3.05) is 7.11 Å². The summed E-state index contributed by atoms with van der Waals surface area (Å²) in [5.74, 6) is -0.985. The smallest absolute Gasteiger partial charge is 0.307 e. The largest absolute Gasteiger partial charge is 0.493 e. The summed E-state index contributed by atoms with van der Waals surface area (Å²) < 4.78 is 11.3. The average molecular weight is 384 g/mol. The molecule has 148 valence electrons. The van der Waals surface area contributed by atoms with Gasteiger partial charge < -0.3 is 19.9 Å². The number of carbonyl (C=O) groups is 2. The van der Waals surface area contributed by atoms with Crippen LogP contribution >= 0.6 is 0 Å². The number of carboxylic acids is 1. The number of aliphatic carboxylic acids is 1. The Hall–Kier alpha value is -3.09.